The number of hydrogen-bond acceptors (Lipinski definition) is 6. The molecule has 0 aliphatic carbocycles. The first-order valence-electron chi connectivity index (χ1n) is 6.27. The first-order valence-corrected chi connectivity index (χ1v) is 7.66. The van der Waals surface area contributed by atoms with E-state index in [1.54, 1.807) is 18.0 Å². The summed E-state index contributed by atoms with van der Waals surface area (Å²) in [5.74, 6) is 0.995. The van der Waals surface area contributed by atoms with Crippen LogP contribution in [-0.4, -0.2) is 50.1 Å². The summed E-state index contributed by atoms with van der Waals surface area (Å²) in [6.45, 7) is 0. The Kier molecular flexibility index (Phi) is 6.60. The number of carbonyl (C=O) groups excluding carboxylic acids is 1. The third kappa shape index (κ3) is 4.28. The van der Waals surface area contributed by atoms with Crippen molar-refractivity contribution in [1.82, 2.24) is 4.98 Å². The molecule has 0 unspecified atom stereocenters. The second-order valence-electron chi connectivity index (χ2n) is 4.49. The molecule has 1 atom stereocenters. The van der Waals surface area contributed by atoms with E-state index in [-0.39, 0.29) is 5.91 Å². The molecule has 0 saturated carbocycles. The number of carbonyl (C=O) groups is 1. The molecule has 0 spiro atoms. The van der Waals surface area contributed by atoms with Gasteiger partial charge in [-0.2, -0.15) is 11.8 Å². The van der Waals surface area contributed by atoms with Crippen LogP contribution < -0.4 is 20.7 Å². The van der Waals surface area contributed by atoms with E-state index in [2.05, 4.69) is 10.3 Å². The zero-order valence-corrected chi connectivity index (χ0v) is 13.2. The highest BCUT2D eigenvalue weighted by atomic mass is 32.2. The van der Waals surface area contributed by atoms with Crippen LogP contribution in [0, 0.1) is 0 Å². The summed E-state index contributed by atoms with van der Waals surface area (Å²) < 4.78 is 5.20. The number of anilines is 2. The van der Waals surface area contributed by atoms with Gasteiger partial charge >= 0.3 is 0 Å². The van der Waals surface area contributed by atoms with Crippen LogP contribution in [0.2, 0.25) is 0 Å². The molecule has 0 saturated heterocycles. The Balaban J connectivity index is 2.92. The summed E-state index contributed by atoms with van der Waals surface area (Å²) >= 11 is 1.66. The molecular weight excluding hydrogens is 276 g/mol. The summed E-state index contributed by atoms with van der Waals surface area (Å²) in [6.07, 6.45) is 4.25. The number of thioether (sulfide) groups is 1. The topological polar surface area (TPSA) is 80.5 Å². The lowest BCUT2D eigenvalue weighted by Crippen LogP contribution is -2.36. The Bertz CT molecular complexity index is 454. The third-order valence-electron chi connectivity index (χ3n) is 2.79. The van der Waals surface area contributed by atoms with E-state index in [4.69, 9.17) is 10.5 Å². The van der Waals surface area contributed by atoms with Gasteiger partial charge in [-0.05, 0) is 24.5 Å². The summed E-state index contributed by atoms with van der Waals surface area (Å²) in [5, 5.41) is 2.82. The van der Waals surface area contributed by atoms with Crippen LogP contribution in [0.4, 0.5) is 11.4 Å². The zero-order valence-electron chi connectivity index (χ0n) is 12.3. The summed E-state index contributed by atoms with van der Waals surface area (Å²) in [6, 6.07) is 1.27. The maximum absolute atomic E-state index is 12.1. The van der Waals surface area contributed by atoms with Gasteiger partial charge in [-0.3, -0.25) is 4.79 Å². The van der Waals surface area contributed by atoms with Gasteiger partial charge in [-0.1, -0.05) is 0 Å². The normalized spacial score (nSPS) is 11.8. The molecule has 7 heteroatoms. The molecule has 20 heavy (non-hydrogen) atoms. The number of rotatable bonds is 7. The quantitative estimate of drug-likeness (QED) is 0.786. The maximum atomic E-state index is 12.1. The van der Waals surface area contributed by atoms with Crippen molar-refractivity contribution in [2.24, 2.45) is 5.73 Å². The lowest BCUT2D eigenvalue weighted by Gasteiger charge is -2.20. The molecule has 6 nitrogen and oxygen atoms in total. The van der Waals surface area contributed by atoms with Crippen molar-refractivity contribution in [2.45, 2.75) is 12.5 Å². The minimum Gasteiger partial charge on any atom is -0.479 e. The van der Waals surface area contributed by atoms with Gasteiger partial charge < -0.3 is 20.7 Å². The van der Waals surface area contributed by atoms with Crippen molar-refractivity contribution < 1.29 is 9.53 Å². The molecular formula is C13H22N4O2S. The molecule has 0 radical (unpaired) electrons. The van der Waals surface area contributed by atoms with E-state index in [0.717, 1.165) is 11.4 Å². The smallest absolute Gasteiger partial charge is 0.241 e. The van der Waals surface area contributed by atoms with Crippen molar-refractivity contribution in [3.63, 3.8) is 0 Å². The van der Waals surface area contributed by atoms with Crippen LogP contribution >= 0.6 is 11.8 Å². The van der Waals surface area contributed by atoms with Gasteiger partial charge in [0.05, 0.1) is 18.8 Å². The fraction of sp³-hybridized carbons (Fsp3) is 0.538. The first-order chi connectivity index (χ1) is 9.51. The Morgan fingerprint density at radius 2 is 2.30 bits per heavy atom. The fourth-order valence-corrected chi connectivity index (χ4v) is 2.16. The Hall–Kier alpha value is -1.47. The average Bonchev–Trinajstić information content (AvgIpc) is 2.44. The monoisotopic (exact) mass is 298 g/mol. The molecule has 0 aliphatic rings. The fourth-order valence-electron chi connectivity index (χ4n) is 1.67. The van der Waals surface area contributed by atoms with Gasteiger partial charge in [0.25, 0.3) is 0 Å². The van der Waals surface area contributed by atoms with Gasteiger partial charge in [0.15, 0.2) is 0 Å². The molecule has 3 N–H and O–H groups in total. The molecule has 0 aliphatic heterocycles. The van der Waals surface area contributed by atoms with Crippen molar-refractivity contribution >= 4 is 29.0 Å². The van der Waals surface area contributed by atoms with E-state index >= 15 is 0 Å². The van der Waals surface area contributed by atoms with E-state index < -0.39 is 6.04 Å². The van der Waals surface area contributed by atoms with Crippen LogP contribution in [-0.2, 0) is 4.79 Å². The van der Waals surface area contributed by atoms with Crippen molar-refractivity contribution in [1.29, 1.82) is 0 Å². The largest absolute Gasteiger partial charge is 0.479 e. The zero-order chi connectivity index (χ0) is 15.1. The molecule has 1 rings (SSSR count). The van der Waals surface area contributed by atoms with Crippen molar-refractivity contribution in [2.75, 3.05) is 43.4 Å². The second kappa shape index (κ2) is 7.96. The lowest BCUT2D eigenvalue weighted by molar-refractivity contribution is -0.117. The number of nitrogens with two attached hydrogens (primary N) is 1. The highest BCUT2D eigenvalue weighted by Crippen LogP contribution is 2.32. The van der Waals surface area contributed by atoms with Gasteiger partial charge in [-0.15, -0.1) is 0 Å². The molecule has 1 aromatic rings. The SMILES string of the molecule is COc1nccc(N(C)C)c1NC(=O)[C@@H](N)CCSC. The van der Waals surface area contributed by atoms with Gasteiger partial charge in [0.2, 0.25) is 11.8 Å². The highest BCUT2D eigenvalue weighted by Gasteiger charge is 2.19. The van der Waals surface area contributed by atoms with Crippen molar-refractivity contribution in [3.05, 3.63) is 12.3 Å². The number of ether oxygens (including phenoxy) is 1. The number of pyridine rings is 1. The van der Waals surface area contributed by atoms with E-state index in [0.29, 0.717) is 18.0 Å². The molecule has 1 amide bonds. The van der Waals surface area contributed by atoms with E-state index in [1.165, 1.54) is 7.11 Å². The molecule has 0 bridgehead atoms. The molecule has 0 fully saturated rings. The van der Waals surface area contributed by atoms with Crippen LogP contribution in [0.5, 0.6) is 5.88 Å². The van der Waals surface area contributed by atoms with Crippen LogP contribution in [0.15, 0.2) is 12.3 Å². The molecule has 0 aromatic carbocycles. The Morgan fingerprint density at radius 1 is 1.60 bits per heavy atom. The third-order valence-corrected chi connectivity index (χ3v) is 3.43. The van der Waals surface area contributed by atoms with Crippen LogP contribution in [0.1, 0.15) is 6.42 Å². The number of nitrogens with one attached hydrogen (secondary N) is 1. The van der Waals surface area contributed by atoms with Gasteiger partial charge in [0.1, 0.15) is 5.69 Å². The number of nitrogens with zero attached hydrogens (tertiary/aromatic N) is 2. The number of methoxy groups -OCH3 is 1. The standard InChI is InChI=1S/C13H22N4O2S/c1-17(2)10-5-7-15-13(19-3)11(10)16-12(18)9(14)6-8-20-4/h5,7,9H,6,8,14H2,1-4H3,(H,16,18)/t9-/m0/s1. The molecule has 1 aromatic heterocycles. The number of amides is 1. The average molecular weight is 298 g/mol. The van der Waals surface area contributed by atoms with Gasteiger partial charge in [0, 0.05) is 20.3 Å². The number of hydrogen-bond donors (Lipinski definition) is 2. The minimum absolute atomic E-state index is 0.228. The van der Waals surface area contributed by atoms with Crippen LogP contribution in [0.3, 0.4) is 0 Å². The number of aromatic nitrogens is 1. The van der Waals surface area contributed by atoms with Gasteiger partial charge in [-0.25, -0.2) is 4.98 Å². The molecule has 1 heterocycles. The van der Waals surface area contributed by atoms with Crippen LogP contribution in [0.25, 0.3) is 0 Å². The summed E-state index contributed by atoms with van der Waals surface area (Å²) in [4.78, 5) is 18.1. The highest BCUT2D eigenvalue weighted by molar-refractivity contribution is 7.98. The molecule has 112 valence electrons. The summed E-state index contributed by atoms with van der Waals surface area (Å²) in [7, 11) is 5.29. The predicted molar refractivity (Wildman–Crippen MR) is 84.7 cm³/mol. The minimum atomic E-state index is -0.539. The summed E-state index contributed by atoms with van der Waals surface area (Å²) in [5.41, 5.74) is 7.24. The van der Waals surface area contributed by atoms with Crippen molar-refractivity contribution in [3.8, 4) is 5.88 Å². The maximum Gasteiger partial charge on any atom is 0.241 e. The predicted octanol–water partition coefficient (Wildman–Crippen LogP) is 1.18. The van der Waals surface area contributed by atoms with E-state index in [1.807, 2.05) is 31.3 Å². The second-order valence-corrected chi connectivity index (χ2v) is 5.47. The Morgan fingerprint density at radius 3 is 2.85 bits per heavy atom. The van der Waals surface area contributed by atoms with E-state index in [9.17, 15) is 4.79 Å². The Labute approximate surface area is 124 Å². The first kappa shape index (κ1) is 16.6. The lowest BCUT2D eigenvalue weighted by atomic mass is 10.2.